The van der Waals surface area contributed by atoms with E-state index < -0.39 is 59.3 Å². The van der Waals surface area contributed by atoms with Gasteiger partial charge in [-0.3, -0.25) is 9.59 Å². The van der Waals surface area contributed by atoms with E-state index in [1.165, 1.54) is 19.2 Å². The second kappa shape index (κ2) is 10.7. The van der Waals surface area contributed by atoms with Crippen molar-refractivity contribution >= 4 is 24.0 Å². The Hall–Kier alpha value is -2.77. The van der Waals surface area contributed by atoms with Crippen LogP contribution >= 0.6 is 12.4 Å². The molecule has 2 aromatic carbocycles. The van der Waals surface area contributed by atoms with Crippen molar-refractivity contribution in [3.05, 3.63) is 51.6 Å². The molecule has 1 aliphatic heterocycles. The number of carbonyl (C=O) groups excluding carboxylic acids is 2. The lowest BCUT2D eigenvalue weighted by Crippen LogP contribution is -2.52. The Balaban J connectivity index is 0.00000353. The molecule has 6 atom stereocenters. The third-order valence-corrected chi connectivity index (χ3v) is 7.80. The van der Waals surface area contributed by atoms with Crippen LogP contribution in [0.5, 0.6) is 17.2 Å². The van der Waals surface area contributed by atoms with Crippen LogP contribution in [0.2, 0.25) is 0 Å². The van der Waals surface area contributed by atoms with Crippen molar-refractivity contribution in [2.24, 2.45) is 5.73 Å². The number of halogens is 1. The molecule has 0 amide bonds. The summed E-state index contributed by atoms with van der Waals surface area (Å²) >= 11 is 0. The van der Waals surface area contributed by atoms with Gasteiger partial charge in [-0.1, -0.05) is 12.1 Å². The van der Waals surface area contributed by atoms with Crippen LogP contribution in [-0.2, 0) is 15.9 Å². The molecule has 12 heteroatoms. The van der Waals surface area contributed by atoms with Gasteiger partial charge in [-0.25, -0.2) is 0 Å². The highest BCUT2D eigenvalue weighted by atomic mass is 35.5. The summed E-state index contributed by atoms with van der Waals surface area (Å²) in [4.78, 5) is 27.1. The first-order valence-corrected chi connectivity index (χ1v) is 12.5. The summed E-state index contributed by atoms with van der Waals surface area (Å²) in [5.74, 6) is -2.33. The Bertz CT molecular complexity index is 1300. The van der Waals surface area contributed by atoms with Crippen molar-refractivity contribution in [1.82, 2.24) is 0 Å². The first-order valence-electron chi connectivity index (χ1n) is 12.5. The molecule has 1 fully saturated rings. The number of hydrogen-bond acceptors (Lipinski definition) is 11. The molecule has 1 saturated heterocycles. The fraction of sp³-hybridized carbons (Fsp3) is 0.481. The van der Waals surface area contributed by atoms with E-state index in [0.717, 1.165) is 0 Å². The highest BCUT2D eigenvalue weighted by molar-refractivity contribution is 6.31. The quantitative estimate of drug-likeness (QED) is 0.244. The molecule has 2 aliphatic carbocycles. The smallest absolute Gasteiger partial charge is 0.202 e. The zero-order chi connectivity index (χ0) is 27.5. The van der Waals surface area contributed by atoms with Crippen LogP contribution in [0.15, 0.2) is 18.2 Å². The van der Waals surface area contributed by atoms with Crippen LogP contribution in [-0.4, -0.2) is 81.0 Å². The minimum absolute atomic E-state index is 0. The fourth-order valence-electron chi connectivity index (χ4n) is 5.86. The number of fused-ring (bicyclic) bond motifs is 3. The Morgan fingerprint density at radius 2 is 1.82 bits per heavy atom. The monoisotopic (exact) mass is 565 g/mol. The van der Waals surface area contributed by atoms with Crippen LogP contribution in [0.3, 0.4) is 0 Å². The van der Waals surface area contributed by atoms with Crippen molar-refractivity contribution in [2.45, 2.75) is 68.9 Å². The summed E-state index contributed by atoms with van der Waals surface area (Å²) in [6.45, 7) is 1.26. The van der Waals surface area contributed by atoms with Gasteiger partial charge in [-0.05, 0) is 19.4 Å². The molecular formula is C27H32ClNO10. The maximum Gasteiger partial charge on any atom is 0.202 e. The lowest BCUT2D eigenvalue weighted by Gasteiger charge is -2.42. The van der Waals surface area contributed by atoms with Crippen LogP contribution in [0, 0.1) is 0 Å². The largest absolute Gasteiger partial charge is 0.507 e. The lowest BCUT2D eigenvalue weighted by atomic mass is 9.72. The van der Waals surface area contributed by atoms with Crippen molar-refractivity contribution < 1.29 is 49.3 Å². The molecule has 0 unspecified atom stereocenters. The topological polar surface area (TPSA) is 189 Å². The molecule has 3 aliphatic rings. The van der Waals surface area contributed by atoms with E-state index in [0.29, 0.717) is 0 Å². The van der Waals surface area contributed by atoms with Crippen molar-refractivity contribution in [1.29, 1.82) is 0 Å². The molecule has 0 bridgehead atoms. The van der Waals surface area contributed by atoms with Crippen LogP contribution in [0.1, 0.15) is 75.3 Å². The van der Waals surface area contributed by atoms with E-state index in [1.54, 1.807) is 13.0 Å². The molecule has 0 aromatic heterocycles. The predicted molar refractivity (Wildman–Crippen MR) is 139 cm³/mol. The number of benzene rings is 2. The van der Waals surface area contributed by atoms with E-state index in [4.69, 9.17) is 19.9 Å². The Labute approximate surface area is 230 Å². The second-order valence-electron chi connectivity index (χ2n) is 10.2. The molecule has 11 nitrogen and oxygen atoms in total. The molecule has 39 heavy (non-hydrogen) atoms. The molecular weight excluding hydrogens is 534 g/mol. The minimum atomic E-state index is -1.56. The summed E-state index contributed by atoms with van der Waals surface area (Å²) in [5, 5.41) is 53.9. The highest BCUT2D eigenvalue weighted by Gasteiger charge is 2.47. The van der Waals surface area contributed by atoms with Crippen molar-refractivity contribution in [3.8, 4) is 17.2 Å². The number of rotatable bonds is 5. The van der Waals surface area contributed by atoms with Gasteiger partial charge in [0.15, 0.2) is 12.1 Å². The summed E-state index contributed by atoms with van der Waals surface area (Å²) in [5.41, 5.74) is 3.79. The zero-order valence-electron chi connectivity index (χ0n) is 21.4. The molecule has 0 radical (unpaired) electrons. The average Bonchev–Trinajstić information content (AvgIpc) is 2.87. The molecule has 2 aromatic rings. The molecule has 212 valence electrons. The lowest BCUT2D eigenvalue weighted by molar-refractivity contribution is -0.248. The van der Waals surface area contributed by atoms with Crippen molar-refractivity contribution in [2.75, 3.05) is 13.7 Å². The average molecular weight is 566 g/mol. The zero-order valence-corrected chi connectivity index (χ0v) is 22.2. The predicted octanol–water partition coefficient (Wildman–Crippen LogP) is 1.24. The number of hydrogen-bond donors (Lipinski definition) is 6. The molecule has 0 saturated carbocycles. The minimum Gasteiger partial charge on any atom is -0.507 e. The van der Waals surface area contributed by atoms with Gasteiger partial charge in [-0.2, -0.15) is 0 Å². The highest BCUT2D eigenvalue weighted by Crippen LogP contribution is 2.52. The standard InChI is InChI=1S/C27H31NO10.ClH/c1-11-22(30)14(28)8-17(37-11)38-16-10-27(35,6-7-29)9-13-19(16)26(34)21-20(24(13)32)23(31)12-4-3-5-15(36-2)18(12)25(21)33;/h3-5,11,14,16-17,22,29-30,32,34-35H,6-10,28H2,1-2H3;1H/t11-,14-,16-,17-,22+,27-;/m0./s1. The Morgan fingerprint density at radius 1 is 1.13 bits per heavy atom. The number of ether oxygens (including phenoxy) is 3. The van der Waals surface area contributed by atoms with Crippen LogP contribution in [0.25, 0.3) is 0 Å². The number of aliphatic hydroxyl groups is 3. The SMILES string of the molecule is COc1cccc2c1C(=O)c1c(O)c3c(c(O)c1C2=O)C[C@@](O)(CCO)C[C@@H]3O[C@H]1C[C@H](N)[C@H](O)[C@H](C)O1.Cl. The molecule has 5 rings (SSSR count). The number of phenols is 2. The van der Waals surface area contributed by atoms with Gasteiger partial charge in [0, 0.05) is 48.6 Å². The van der Waals surface area contributed by atoms with E-state index in [2.05, 4.69) is 0 Å². The maximum atomic E-state index is 13.6. The van der Waals surface area contributed by atoms with Crippen LogP contribution in [0.4, 0.5) is 0 Å². The van der Waals surface area contributed by atoms with Gasteiger partial charge in [0.25, 0.3) is 0 Å². The third-order valence-electron chi connectivity index (χ3n) is 7.80. The summed E-state index contributed by atoms with van der Waals surface area (Å²) in [7, 11) is 1.35. The number of carbonyl (C=O) groups is 2. The maximum absolute atomic E-state index is 13.6. The third kappa shape index (κ3) is 4.67. The van der Waals surface area contributed by atoms with E-state index in [1.807, 2.05) is 0 Å². The number of aromatic hydroxyl groups is 2. The molecule has 1 heterocycles. The van der Waals surface area contributed by atoms with Gasteiger partial charge < -0.3 is 45.5 Å². The van der Waals surface area contributed by atoms with Gasteiger partial charge in [0.2, 0.25) is 5.78 Å². The second-order valence-corrected chi connectivity index (χ2v) is 10.2. The van der Waals surface area contributed by atoms with Gasteiger partial charge >= 0.3 is 0 Å². The first-order chi connectivity index (χ1) is 18.0. The van der Waals surface area contributed by atoms with Gasteiger partial charge in [0.1, 0.15) is 17.2 Å². The Kier molecular flexibility index (Phi) is 7.99. The van der Waals surface area contributed by atoms with E-state index >= 15 is 0 Å². The number of methoxy groups -OCH3 is 1. The Morgan fingerprint density at radius 3 is 2.46 bits per heavy atom. The summed E-state index contributed by atoms with van der Waals surface area (Å²) in [6, 6.07) is 3.84. The van der Waals surface area contributed by atoms with Crippen molar-refractivity contribution in [3.63, 3.8) is 0 Å². The number of phenolic OH excluding ortho intramolecular Hbond substituents is 2. The molecule has 0 spiro atoms. The summed E-state index contributed by atoms with van der Waals surface area (Å²) < 4.78 is 17.2. The number of nitrogens with two attached hydrogens (primary N) is 1. The number of aliphatic hydroxyl groups excluding tert-OH is 2. The normalized spacial score (nSPS) is 29.6. The molecule has 7 N–H and O–H groups in total. The van der Waals surface area contributed by atoms with E-state index in [-0.39, 0.29) is 83.8 Å². The fourth-order valence-corrected chi connectivity index (χ4v) is 5.86. The van der Waals surface area contributed by atoms with Gasteiger partial charge in [0.05, 0.1) is 47.7 Å². The van der Waals surface area contributed by atoms with Crippen LogP contribution < -0.4 is 10.5 Å². The van der Waals surface area contributed by atoms with E-state index in [9.17, 15) is 35.1 Å². The summed E-state index contributed by atoms with van der Waals surface area (Å²) in [6.07, 6.45) is -3.89. The number of ketones is 2. The first kappa shape index (κ1) is 29.2. The van der Waals surface area contributed by atoms with Gasteiger partial charge in [-0.15, -0.1) is 12.4 Å².